The van der Waals surface area contributed by atoms with Crippen LogP contribution in [0.2, 0.25) is 0 Å². The predicted octanol–water partition coefficient (Wildman–Crippen LogP) is 2.42. The average molecular weight is 335 g/mol. The molecule has 0 unspecified atom stereocenters. The highest BCUT2D eigenvalue weighted by Gasteiger charge is 2.41. The number of benzene rings is 1. The Hall–Kier alpha value is -1.82. The van der Waals surface area contributed by atoms with Gasteiger partial charge in [-0.3, -0.25) is 4.79 Å². The number of aryl methyl sites for hydroxylation is 1. The van der Waals surface area contributed by atoms with Gasteiger partial charge in [0.2, 0.25) is 0 Å². The third kappa shape index (κ3) is 2.53. The summed E-state index contributed by atoms with van der Waals surface area (Å²) >= 11 is 0. The van der Waals surface area contributed by atoms with Crippen molar-refractivity contribution >= 4 is 5.91 Å². The molecule has 0 aromatic heterocycles. The zero-order valence-corrected chi connectivity index (χ0v) is 13.8. The number of aliphatic hydroxyl groups excluding tert-OH is 1. The number of carbonyl (C=O) groups excluding carboxylic acids is 1. The van der Waals surface area contributed by atoms with Crippen LogP contribution < -0.4 is 9.47 Å². The number of hydrogen-bond acceptors (Lipinski definition) is 4. The van der Waals surface area contributed by atoms with Crippen LogP contribution in [-0.2, 0) is 0 Å². The standard InChI is InChI=1S/C18H22FNO4/c1-10-6-14-15(17(16(10)19)24-13-4-2-3-5-13)18(22)20-8-12(21)7-11(20)9-23-14/h6,11-13,21H,2-5,7-9H2,1H3/t11-,12+/m1/s1. The molecule has 1 aromatic rings. The summed E-state index contributed by atoms with van der Waals surface area (Å²) in [5.74, 6) is -0.397. The van der Waals surface area contributed by atoms with Crippen molar-refractivity contribution in [3.63, 3.8) is 0 Å². The van der Waals surface area contributed by atoms with Crippen molar-refractivity contribution in [1.82, 2.24) is 4.90 Å². The molecule has 1 amide bonds. The van der Waals surface area contributed by atoms with Gasteiger partial charge >= 0.3 is 0 Å². The van der Waals surface area contributed by atoms with Crippen molar-refractivity contribution in [3.8, 4) is 11.5 Å². The van der Waals surface area contributed by atoms with Gasteiger partial charge in [0, 0.05) is 6.54 Å². The average Bonchev–Trinajstić information content (AvgIpc) is 3.16. The summed E-state index contributed by atoms with van der Waals surface area (Å²) < 4.78 is 26.5. The first-order valence-electron chi connectivity index (χ1n) is 8.66. The van der Waals surface area contributed by atoms with E-state index in [1.165, 1.54) is 0 Å². The fraction of sp³-hybridized carbons (Fsp3) is 0.611. The smallest absolute Gasteiger partial charge is 0.261 e. The number of ether oxygens (including phenoxy) is 2. The van der Waals surface area contributed by atoms with E-state index in [0.29, 0.717) is 24.3 Å². The number of fused-ring (bicyclic) bond motifs is 2. The Kier molecular flexibility index (Phi) is 3.87. The molecule has 3 aliphatic rings. The molecule has 4 rings (SSSR count). The van der Waals surface area contributed by atoms with Gasteiger partial charge in [-0.1, -0.05) is 0 Å². The van der Waals surface area contributed by atoms with Crippen LogP contribution in [0.1, 0.15) is 48.0 Å². The number of nitrogens with zero attached hydrogens (tertiary/aromatic N) is 1. The van der Waals surface area contributed by atoms with Crippen molar-refractivity contribution < 1.29 is 23.8 Å². The molecule has 2 aliphatic heterocycles. The van der Waals surface area contributed by atoms with E-state index in [1.807, 2.05) is 0 Å². The van der Waals surface area contributed by atoms with Crippen LogP contribution in [0.15, 0.2) is 6.07 Å². The summed E-state index contributed by atoms with van der Waals surface area (Å²) in [6.07, 6.45) is 3.75. The van der Waals surface area contributed by atoms with E-state index in [0.717, 1.165) is 25.7 Å². The fourth-order valence-corrected chi connectivity index (χ4v) is 3.96. The third-order valence-electron chi connectivity index (χ3n) is 5.25. The lowest BCUT2D eigenvalue weighted by atomic mass is 10.1. The molecule has 0 spiro atoms. The summed E-state index contributed by atoms with van der Waals surface area (Å²) in [5, 5.41) is 9.86. The lowest BCUT2D eigenvalue weighted by molar-refractivity contribution is 0.0703. The normalized spacial score (nSPS) is 26.8. The quantitative estimate of drug-likeness (QED) is 0.902. The molecule has 1 saturated heterocycles. The molecule has 2 atom stereocenters. The molecule has 1 N–H and O–H groups in total. The minimum atomic E-state index is -0.557. The van der Waals surface area contributed by atoms with Crippen LogP contribution in [0.25, 0.3) is 0 Å². The topological polar surface area (TPSA) is 59.0 Å². The molecular weight excluding hydrogens is 313 g/mol. The van der Waals surface area contributed by atoms with Crippen LogP contribution in [-0.4, -0.2) is 47.3 Å². The Morgan fingerprint density at radius 2 is 2.12 bits per heavy atom. The minimum absolute atomic E-state index is 0.0175. The first-order valence-corrected chi connectivity index (χ1v) is 8.66. The summed E-state index contributed by atoms with van der Waals surface area (Å²) in [6, 6.07) is 1.39. The molecule has 130 valence electrons. The summed E-state index contributed by atoms with van der Waals surface area (Å²) in [5.41, 5.74) is 0.582. The zero-order valence-electron chi connectivity index (χ0n) is 13.8. The molecule has 6 heteroatoms. The lowest BCUT2D eigenvalue weighted by Gasteiger charge is -2.22. The van der Waals surface area contributed by atoms with Gasteiger partial charge in [0.15, 0.2) is 11.6 Å². The van der Waals surface area contributed by atoms with Gasteiger partial charge in [0.05, 0.1) is 18.2 Å². The second-order valence-corrected chi connectivity index (χ2v) is 7.05. The van der Waals surface area contributed by atoms with Crippen molar-refractivity contribution in [1.29, 1.82) is 0 Å². The molecule has 2 fully saturated rings. The summed E-state index contributed by atoms with van der Waals surface area (Å²) in [6.45, 7) is 2.22. The molecule has 1 saturated carbocycles. The SMILES string of the molecule is Cc1cc2c(c(OC3CCCC3)c1F)C(=O)N1C[C@@H](O)C[C@@H]1CO2. The Morgan fingerprint density at radius 3 is 2.88 bits per heavy atom. The third-order valence-corrected chi connectivity index (χ3v) is 5.25. The zero-order chi connectivity index (χ0) is 16.8. The van der Waals surface area contributed by atoms with E-state index in [2.05, 4.69) is 0 Å². The van der Waals surface area contributed by atoms with Gasteiger partial charge in [0.25, 0.3) is 5.91 Å². The fourth-order valence-electron chi connectivity index (χ4n) is 3.96. The van der Waals surface area contributed by atoms with Gasteiger partial charge in [-0.05, 0) is 50.7 Å². The Morgan fingerprint density at radius 1 is 1.38 bits per heavy atom. The van der Waals surface area contributed by atoms with Crippen molar-refractivity contribution in [2.75, 3.05) is 13.2 Å². The maximum absolute atomic E-state index is 14.8. The van der Waals surface area contributed by atoms with E-state index in [-0.39, 0.29) is 35.9 Å². The second kappa shape index (κ2) is 5.92. The van der Waals surface area contributed by atoms with Crippen LogP contribution in [0.4, 0.5) is 4.39 Å². The largest absolute Gasteiger partial charge is 0.490 e. The maximum atomic E-state index is 14.8. The summed E-state index contributed by atoms with van der Waals surface area (Å²) in [4.78, 5) is 14.6. The molecule has 5 nitrogen and oxygen atoms in total. The number of carbonyl (C=O) groups is 1. The number of rotatable bonds is 2. The minimum Gasteiger partial charge on any atom is -0.490 e. The Bertz CT molecular complexity index is 671. The van der Waals surface area contributed by atoms with Crippen LogP contribution in [0.3, 0.4) is 0 Å². The molecule has 1 aliphatic carbocycles. The van der Waals surface area contributed by atoms with E-state index < -0.39 is 11.9 Å². The Labute approximate surface area is 140 Å². The van der Waals surface area contributed by atoms with Crippen molar-refractivity contribution in [2.24, 2.45) is 0 Å². The van der Waals surface area contributed by atoms with E-state index in [9.17, 15) is 14.3 Å². The maximum Gasteiger partial charge on any atom is 0.261 e. The predicted molar refractivity (Wildman–Crippen MR) is 85.0 cm³/mol. The van der Waals surface area contributed by atoms with Crippen LogP contribution in [0, 0.1) is 12.7 Å². The molecule has 0 bridgehead atoms. The van der Waals surface area contributed by atoms with Crippen molar-refractivity contribution in [3.05, 3.63) is 23.0 Å². The Balaban J connectivity index is 1.77. The lowest BCUT2D eigenvalue weighted by Crippen LogP contribution is -2.37. The van der Waals surface area contributed by atoms with Gasteiger partial charge in [0.1, 0.15) is 17.9 Å². The second-order valence-electron chi connectivity index (χ2n) is 7.05. The highest BCUT2D eigenvalue weighted by molar-refractivity contribution is 6.00. The molecular formula is C18H22FNO4. The first-order chi connectivity index (χ1) is 11.5. The highest BCUT2D eigenvalue weighted by atomic mass is 19.1. The van der Waals surface area contributed by atoms with Crippen LogP contribution in [0.5, 0.6) is 11.5 Å². The number of amides is 1. The molecule has 0 radical (unpaired) electrons. The van der Waals surface area contributed by atoms with Crippen LogP contribution >= 0.6 is 0 Å². The van der Waals surface area contributed by atoms with Crippen molar-refractivity contribution in [2.45, 2.75) is 57.3 Å². The van der Waals surface area contributed by atoms with Gasteiger partial charge in [-0.2, -0.15) is 0 Å². The van der Waals surface area contributed by atoms with Gasteiger partial charge in [-0.15, -0.1) is 0 Å². The number of hydrogen-bond donors (Lipinski definition) is 1. The summed E-state index contributed by atoms with van der Waals surface area (Å²) in [7, 11) is 0. The highest BCUT2D eigenvalue weighted by Crippen LogP contribution is 2.40. The van der Waals surface area contributed by atoms with Gasteiger partial charge in [-0.25, -0.2) is 4.39 Å². The molecule has 2 heterocycles. The number of halogens is 1. The number of aliphatic hydroxyl groups is 1. The van der Waals surface area contributed by atoms with Gasteiger partial charge < -0.3 is 19.5 Å². The molecule has 1 aromatic carbocycles. The van der Waals surface area contributed by atoms with E-state index in [4.69, 9.17) is 9.47 Å². The van der Waals surface area contributed by atoms with E-state index >= 15 is 0 Å². The van der Waals surface area contributed by atoms with E-state index in [1.54, 1.807) is 17.9 Å². The molecule has 24 heavy (non-hydrogen) atoms. The first kappa shape index (κ1) is 15.7. The monoisotopic (exact) mass is 335 g/mol.